The van der Waals surface area contributed by atoms with E-state index in [2.05, 4.69) is 29.0 Å². The smallest absolute Gasteiger partial charge is 0.158 e. The van der Waals surface area contributed by atoms with Crippen molar-refractivity contribution in [3.63, 3.8) is 0 Å². The van der Waals surface area contributed by atoms with Crippen molar-refractivity contribution in [1.29, 1.82) is 0 Å². The molecule has 1 unspecified atom stereocenters. The van der Waals surface area contributed by atoms with Crippen LogP contribution in [0.4, 0.5) is 0 Å². The maximum Gasteiger partial charge on any atom is 0.158 e. The summed E-state index contributed by atoms with van der Waals surface area (Å²) in [5, 5.41) is 9.66. The Morgan fingerprint density at radius 3 is 2.58 bits per heavy atom. The third kappa shape index (κ3) is 3.36. The predicted molar refractivity (Wildman–Crippen MR) is 75.5 cm³/mol. The second-order valence-corrected chi connectivity index (χ2v) is 4.50. The normalized spacial score (nSPS) is 12.4. The molecule has 0 amide bonds. The third-order valence-corrected chi connectivity index (χ3v) is 2.98. The second kappa shape index (κ2) is 6.41. The first kappa shape index (κ1) is 13.6. The minimum atomic E-state index is -0.806. The fourth-order valence-corrected chi connectivity index (χ4v) is 1.93. The van der Waals surface area contributed by atoms with Crippen molar-refractivity contribution in [2.45, 2.75) is 25.9 Å². The standard InChI is InChI=1S/C15H19N3O/c1-2-3-11-4-6-12(7-5-11)13-8-9-17-15(18-13)14(19)10-16/h4-9,14,19H,2-3,10,16H2,1H3. The van der Waals surface area contributed by atoms with E-state index in [1.807, 2.05) is 18.2 Å². The summed E-state index contributed by atoms with van der Waals surface area (Å²) in [4.78, 5) is 8.39. The monoisotopic (exact) mass is 257 g/mol. The van der Waals surface area contributed by atoms with Crippen LogP contribution >= 0.6 is 0 Å². The molecule has 2 rings (SSSR count). The van der Waals surface area contributed by atoms with Crippen molar-refractivity contribution < 1.29 is 5.11 Å². The summed E-state index contributed by atoms with van der Waals surface area (Å²) in [5.41, 5.74) is 8.56. The Balaban J connectivity index is 2.26. The molecule has 1 atom stereocenters. The Bertz CT molecular complexity index is 525. The van der Waals surface area contributed by atoms with Crippen molar-refractivity contribution in [2.24, 2.45) is 5.73 Å². The van der Waals surface area contributed by atoms with Gasteiger partial charge in [-0.05, 0) is 18.1 Å². The Hall–Kier alpha value is -1.78. The van der Waals surface area contributed by atoms with E-state index in [1.54, 1.807) is 6.20 Å². The largest absolute Gasteiger partial charge is 0.384 e. The summed E-state index contributed by atoms with van der Waals surface area (Å²) in [6, 6.07) is 10.2. The van der Waals surface area contributed by atoms with Gasteiger partial charge < -0.3 is 10.8 Å². The topological polar surface area (TPSA) is 72.0 Å². The van der Waals surface area contributed by atoms with Gasteiger partial charge >= 0.3 is 0 Å². The van der Waals surface area contributed by atoms with Gasteiger partial charge in [-0.25, -0.2) is 9.97 Å². The minimum absolute atomic E-state index is 0.124. The van der Waals surface area contributed by atoms with Crippen LogP contribution in [0.25, 0.3) is 11.3 Å². The van der Waals surface area contributed by atoms with E-state index in [4.69, 9.17) is 5.73 Å². The molecule has 2 aromatic rings. The van der Waals surface area contributed by atoms with Crippen LogP contribution in [0.15, 0.2) is 36.5 Å². The number of aliphatic hydroxyl groups is 1. The SMILES string of the molecule is CCCc1ccc(-c2ccnc(C(O)CN)n2)cc1. The van der Waals surface area contributed by atoms with Gasteiger partial charge in [0.15, 0.2) is 5.82 Å². The summed E-state index contributed by atoms with van der Waals surface area (Å²) in [5.74, 6) is 0.373. The van der Waals surface area contributed by atoms with Crippen LogP contribution in [0.1, 0.15) is 30.8 Å². The number of hydrogen-bond donors (Lipinski definition) is 2. The second-order valence-electron chi connectivity index (χ2n) is 4.50. The lowest BCUT2D eigenvalue weighted by atomic mass is 10.1. The quantitative estimate of drug-likeness (QED) is 0.860. The van der Waals surface area contributed by atoms with Gasteiger partial charge in [0, 0.05) is 18.3 Å². The number of benzene rings is 1. The van der Waals surface area contributed by atoms with Crippen LogP contribution in [0.5, 0.6) is 0 Å². The summed E-state index contributed by atoms with van der Waals surface area (Å²) < 4.78 is 0. The highest BCUT2D eigenvalue weighted by Gasteiger charge is 2.09. The fourth-order valence-electron chi connectivity index (χ4n) is 1.93. The molecule has 0 radical (unpaired) electrons. The molecule has 0 fully saturated rings. The summed E-state index contributed by atoms with van der Waals surface area (Å²) in [7, 11) is 0. The molecular formula is C15H19N3O. The first-order valence-electron chi connectivity index (χ1n) is 6.55. The number of nitrogens with zero attached hydrogens (tertiary/aromatic N) is 2. The number of aromatic nitrogens is 2. The molecule has 0 saturated carbocycles. The summed E-state index contributed by atoms with van der Waals surface area (Å²) in [6.07, 6.45) is 3.07. The van der Waals surface area contributed by atoms with Crippen LogP contribution in [-0.4, -0.2) is 21.6 Å². The van der Waals surface area contributed by atoms with Crippen LogP contribution in [0.2, 0.25) is 0 Å². The van der Waals surface area contributed by atoms with Gasteiger partial charge in [0.25, 0.3) is 0 Å². The molecular weight excluding hydrogens is 238 g/mol. The van der Waals surface area contributed by atoms with Gasteiger partial charge in [-0.15, -0.1) is 0 Å². The van der Waals surface area contributed by atoms with Crippen molar-refractivity contribution >= 4 is 0 Å². The van der Waals surface area contributed by atoms with E-state index in [1.165, 1.54) is 5.56 Å². The maximum atomic E-state index is 9.66. The van der Waals surface area contributed by atoms with Gasteiger partial charge in [0.05, 0.1) is 5.69 Å². The predicted octanol–water partition coefficient (Wildman–Crippen LogP) is 2.09. The van der Waals surface area contributed by atoms with Gasteiger partial charge in [-0.1, -0.05) is 37.6 Å². The average Bonchev–Trinajstić information content (AvgIpc) is 2.48. The number of aryl methyl sites for hydroxylation is 1. The third-order valence-electron chi connectivity index (χ3n) is 2.98. The lowest BCUT2D eigenvalue weighted by Gasteiger charge is -2.08. The zero-order chi connectivity index (χ0) is 13.7. The summed E-state index contributed by atoms with van der Waals surface area (Å²) >= 11 is 0. The molecule has 3 N–H and O–H groups in total. The van der Waals surface area contributed by atoms with E-state index in [0.29, 0.717) is 5.82 Å². The lowest BCUT2D eigenvalue weighted by Crippen LogP contribution is -2.14. The van der Waals surface area contributed by atoms with Gasteiger partial charge in [0.2, 0.25) is 0 Å². The molecule has 0 aliphatic carbocycles. The average molecular weight is 257 g/mol. The molecule has 0 saturated heterocycles. The van der Waals surface area contributed by atoms with Crippen molar-refractivity contribution in [3.8, 4) is 11.3 Å². The van der Waals surface area contributed by atoms with Crippen LogP contribution < -0.4 is 5.73 Å². The molecule has 1 aromatic carbocycles. The molecule has 19 heavy (non-hydrogen) atoms. The van der Waals surface area contributed by atoms with E-state index in [0.717, 1.165) is 24.1 Å². The highest BCUT2D eigenvalue weighted by Crippen LogP contribution is 2.19. The van der Waals surface area contributed by atoms with E-state index >= 15 is 0 Å². The van der Waals surface area contributed by atoms with Gasteiger partial charge in [-0.3, -0.25) is 0 Å². The minimum Gasteiger partial charge on any atom is -0.384 e. The lowest BCUT2D eigenvalue weighted by molar-refractivity contribution is 0.176. The molecule has 4 nitrogen and oxygen atoms in total. The molecule has 0 bridgehead atoms. The number of aliphatic hydroxyl groups excluding tert-OH is 1. The first-order chi connectivity index (χ1) is 9.24. The molecule has 100 valence electrons. The summed E-state index contributed by atoms with van der Waals surface area (Å²) in [6.45, 7) is 2.29. The molecule has 0 aliphatic rings. The first-order valence-corrected chi connectivity index (χ1v) is 6.55. The highest BCUT2D eigenvalue weighted by molar-refractivity contribution is 5.59. The number of hydrogen-bond acceptors (Lipinski definition) is 4. The molecule has 1 aromatic heterocycles. The zero-order valence-electron chi connectivity index (χ0n) is 11.1. The van der Waals surface area contributed by atoms with Crippen LogP contribution in [0.3, 0.4) is 0 Å². The molecule has 1 heterocycles. The Labute approximate surface area is 113 Å². The van der Waals surface area contributed by atoms with Crippen molar-refractivity contribution in [3.05, 3.63) is 47.9 Å². The van der Waals surface area contributed by atoms with Crippen molar-refractivity contribution in [2.75, 3.05) is 6.54 Å². The van der Waals surface area contributed by atoms with Gasteiger partial charge in [0.1, 0.15) is 6.10 Å². The zero-order valence-corrected chi connectivity index (χ0v) is 11.1. The van der Waals surface area contributed by atoms with Crippen LogP contribution in [0, 0.1) is 0 Å². The fraction of sp³-hybridized carbons (Fsp3) is 0.333. The molecule has 0 aliphatic heterocycles. The van der Waals surface area contributed by atoms with Crippen molar-refractivity contribution in [1.82, 2.24) is 9.97 Å². The number of rotatable bonds is 5. The Morgan fingerprint density at radius 1 is 1.21 bits per heavy atom. The Morgan fingerprint density at radius 2 is 1.95 bits per heavy atom. The Kier molecular flexibility index (Phi) is 4.60. The number of nitrogens with two attached hydrogens (primary N) is 1. The van der Waals surface area contributed by atoms with Crippen LogP contribution in [-0.2, 0) is 6.42 Å². The van der Waals surface area contributed by atoms with Gasteiger partial charge in [-0.2, -0.15) is 0 Å². The maximum absolute atomic E-state index is 9.66. The molecule has 4 heteroatoms. The van der Waals surface area contributed by atoms with E-state index in [9.17, 15) is 5.11 Å². The van der Waals surface area contributed by atoms with E-state index in [-0.39, 0.29) is 6.54 Å². The van der Waals surface area contributed by atoms with E-state index < -0.39 is 6.10 Å². The molecule has 0 spiro atoms. The highest BCUT2D eigenvalue weighted by atomic mass is 16.3.